The summed E-state index contributed by atoms with van der Waals surface area (Å²) in [7, 11) is 0. The van der Waals surface area contributed by atoms with Crippen LogP contribution < -0.4 is 10.2 Å². The lowest BCUT2D eigenvalue weighted by molar-refractivity contribution is -0.126. The number of aryl methyl sites for hydroxylation is 1. The van der Waals surface area contributed by atoms with Crippen molar-refractivity contribution >= 4 is 33.4 Å². The summed E-state index contributed by atoms with van der Waals surface area (Å²) in [5.41, 5.74) is 2.53. The van der Waals surface area contributed by atoms with Gasteiger partial charge in [0.1, 0.15) is 0 Å². The zero-order valence-corrected chi connectivity index (χ0v) is 14.9. The Morgan fingerprint density at radius 2 is 2.08 bits per heavy atom. The van der Waals surface area contributed by atoms with Crippen LogP contribution in [0, 0.1) is 12.8 Å². The van der Waals surface area contributed by atoms with E-state index in [1.165, 1.54) is 0 Å². The van der Waals surface area contributed by atoms with Crippen molar-refractivity contribution in [1.82, 2.24) is 10.3 Å². The fourth-order valence-electron chi connectivity index (χ4n) is 2.81. The van der Waals surface area contributed by atoms with Crippen LogP contribution in [0.4, 0.5) is 5.69 Å². The number of benzene rings is 1. The second-order valence-electron chi connectivity index (χ2n) is 5.84. The first-order valence-corrected chi connectivity index (χ1v) is 8.59. The van der Waals surface area contributed by atoms with Gasteiger partial charge in [0, 0.05) is 23.1 Å². The van der Waals surface area contributed by atoms with Crippen molar-refractivity contribution in [3.8, 4) is 0 Å². The largest absolute Gasteiger partial charge is 0.350 e. The first-order chi connectivity index (χ1) is 11.5. The fraction of sp³-hybridized carbons (Fsp3) is 0.278. The van der Waals surface area contributed by atoms with Crippen molar-refractivity contribution in [1.29, 1.82) is 0 Å². The van der Waals surface area contributed by atoms with Gasteiger partial charge in [-0.1, -0.05) is 18.2 Å². The molecule has 1 fully saturated rings. The van der Waals surface area contributed by atoms with Crippen LogP contribution in [-0.4, -0.2) is 23.3 Å². The molecule has 1 aromatic heterocycles. The number of hydrogen-bond acceptors (Lipinski definition) is 3. The SMILES string of the molecule is Cc1cccc(CNC(=O)C2CC(=O)N(c3ccccc3Br)C2)n1. The molecule has 1 atom stereocenters. The van der Waals surface area contributed by atoms with Crippen molar-refractivity contribution in [3.63, 3.8) is 0 Å². The molecule has 2 amide bonds. The van der Waals surface area contributed by atoms with E-state index in [1.54, 1.807) is 4.90 Å². The number of carbonyl (C=O) groups excluding carboxylic acids is 2. The molecule has 1 aliphatic rings. The van der Waals surface area contributed by atoms with Crippen LogP contribution in [0.15, 0.2) is 46.9 Å². The molecule has 5 nitrogen and oxygen atoms in total. The monoisotopic (exact) mass is 387 g/mol. The van der Waals surface area contributed by atoms with E-state index in [-0.39, 0.29) is 24.2 Å². The lowest BCUT2D eigenvalue weighted by atomic mass is 10.1. The normalized spacial score (nSPS) is 17.2. The van der Waals surface area contributed by atoms with Crippen LogP contribution in [0.2, 0.25) is 0 Å². The van der Waals surface area contributed by atoms with E-state index in [2.05, 4.69) is 26.2 Å². The smallest absolute Gasteiger partial charge is 0.227 e. The number of amides is 2. The molecule has 1 aromatic carbocycles. The van der Waals surface area contributed by atoms with Gasteiger partial charge in [-0.15, -0.1) is 0 Å². The summed E-state index contributed by atoms with van der Waals surface area (Å²) in [6, 6.07) is 13.2. The third-order valence-electron chi connectivity index (χ3n) is 4.03. The Bertz CT molecular complexity index is 778. The van der Waals surface area contributed by atoms with Gasteiger partial charge in [0.25, 0.3) is 0 Å². The molecule has 2 aromatic rings. The minimum absolute atomic E-state index is 0.0317. The highest BCUT2D eigenvalue weighted by atomic mass is 79.9. The maximum atomic E-state index is 12.4. The number of para-hydroxylation sites is 1. The Kier molecular flexibility index (Phi) is 4.94. The molecule has 0 aliphatic carbocycles. The van der Waals surface area contributed by atoms with Crippen molar-refractivity contribution in [2.24, 2.45) is 5.92 Å². The van der Waals surface area contributed by atoms with Gasteiger partial charge < -0.3 is 10.2 Å². The second kappa shape index (κ2) is 7.13. The lowest BCUT2D eigenvalue weighted by Gasteiger charge is -2.18. The zero-order chi connectivity index (χ0) is 17.1. The minimum Gasteiger partial charge on any atom is -0.350 e. The highest BCUT2D eigenvalue weighted by Gasteiger charge is 2.35. The molecule has 0 bridgehead atoms. The maximum Gasteiger partial charge on any atom is 0.227 e. The second-order valence-corrected chi connectivity index (χ2v) is 6.70. The van der Waals surface area contributed by atoms with Crippen LogP contribution in [0.1, 0.15) is 17.8 Å². The van der Waals surface area contributed by atoms with Crippen LogP contribution in [-0.2, 0) is 16.1 Å². The van der Waals surface area contributed by atoms with E-state index < -0.39 is 0 Å². The van der Waals surface area contributed by atoms with E-state index in [0.717, 1.165) is 21.5 Å². The van der Waals surface area contributed by atoms with Crippen LogP contribution in [0.3, 0.4) is 0 Å². The Labute approximate surface area is 149 Å². The quantitative estimate of drug-likeness (QED) is 0.876. The number of hydrogen-bond donors (Lipinski definition) is 1. The van der Waals surface area contributed by atoms with Crippen molar-refractivity contribution in [3.05, 3.63) is 58.3 Å². The number of halogens is 1. The predicted molar refractivity (Wildman–Crippen MR) is 95.4 cm³/mol. The first kappa shape index (κ1) is 16.6. The van der Waals surface area contributed by atoms with Crippen LogP contribution >= 0.6 is 15.9 Å². The average molecular weight is 388 g/mol. The Balaban J connectivity index is 1.63. The summed E-state index contributed by atoms with van der Waals surface area (Å²) >= 11 is 3.46. The van der Waals surface area contributed by atoms with Gasteiger partial charge in [-0.05, 0) is 47.1 Å². The molecule has 124 valence electrons. The summed E-state index contributed by atoms with van der Waals surface area (Å²) < 4.78 is 0.850. The molecule has 2 heterocycles. The Hall–Kier alpha value is -2.21. The van der Waals surface area contributed by atoms with Gasteiger partial charge in [-0.2, -0.15) is 0 Å². The van der Waals surface area contributed by atoms with Gasteiger partial charge in [0.2, 0.25) is 11.8 Å². The maximum absolute atomic E-state index is 12.4. The number of carbonyl (C=O) groups is 2. The van der Waals surface area contributed by atoms with E-state index in [9.17, 15) is 9.59 Å². The number of pyridine rings is 1. The molecule has 1 aliphatic heterocycles. The molecule has 1 unspecified atom stereocenters. The summed E-state index contributed by atoms with van der Waals surface area (Å²) in [5, 5.41) is 2.88. The Morgan fingerprint density at radius 1 is 1.29 bits per heavy atom. The molecule has 1 N–H and O–H groups in total. The van der Waals surface area contributed by atoms with Crippen LogP contribution in [0.25, 0.3) is 0 Å². The topological polar surface area (TPSA) is 62.3 Å². The molecular formula is C18H18BrN3O2. The van der Waals surface area contributed by atoms with Crippen molar-refractivity contribution in [2.45, 2.75) is 19.9 Å². The zero-order valence-electron chi connectivity index (χ0n) is 13.3. The van der Waals surface area contributed by atoms with E-state index in [4.69, 9.17) is 0 Å². The Morgan fingerprint density at radius 3 is 2.83 bits per heavy atom. The summed E-state index contributed by atoms with van der Waals surface area (Å²) in [5.74, 6) is -0.480. The average Bonchev–Trinajstić information content (AvgIpc) is 2.95. The standard InChI is InChI=1S/C18H18BrN3O2/c1-12-5-4-6-14(21-12)10-20-18(24)13-9-17(23)22(11-13)16-8-3-2-7-15(16)19/h2-8,13H,9-11H2,1H3,(H,20,24). The molecule has 24 heavy (non-hydrogen) atoms. The molecule has 0 saturated carbocycles. The van der Waals surface area contributed by atoms with E-state index in [0.29, 0.717) is 13.1 Å². The highest BCUT2D eigenvalue weighted by molar-refractivity contribution is 9.10. The summed E-state index contributed by atoms with van der Waals surface area (Å²) in [4.78, 5) is 30.7. The number of aromatic nitrogens is 1. The third kappa shape index (κ3) is 3.64. The summed E-state index contributed by atoms with van der Waals surface area (Å²) in [6.45, 7) is 2.69. The van der Waals surface area contributed by atoms with Crippen LogP contribution in [0.5, 0.6) is 0 Å². The van der Waals surface area contributed by atoms with Gasteiger partial charge in [-0.25, -0.2) is 0 Å². The number of nitrogens with zero attached hydrogens (tertiary/aromatic N) is 2. The van der Waals surface area contributed by atoms with Gasteiger partial charge >= 0.3 is 0 Å². The lowest BCUT2D eigenvalue weighted by Crippen LogP contribution is -2.32. The van der Waals surface area contributed by atoms with Crippen molar-refractivity contribution < 1.29 is 9.59 Å². The first-order valence-electron chi connectivity index (χ1n) is 7.80. The summed E-state index contributed by atoms with van der Waals surface area (Å²) in [6.07, 6.45) is 0.231. The fourth-order valence-corrected chi connectivity index (χ4v) is 3.31. The van der Waals surface area contributed by atoms with Gasteiger partial charge in [0.05, 0.1) is 23.8 Å². The number of rotatable bonds is 4. The van der Waals surface area contributed by atoms with Gasteiger partial charge in [0.15, 0.2) is 0 Å². The molecule has 3 rings (SSSR count). The molecule has 0 radical (unpaired) electrons. The molecule has 0 spiro atoms. The molecule has 1 saturated heterocycles. The molecule has 6 heteroatoms. The van der Waals surface area contributed by atoms with Crippen molar-refractivity contribution in [2.75, 3.05) is 11.4 Å². The molecular weight excluding hydrogens is 370 g/mol. The van der Waals surface area contributed by atoms with Gasteiger partial charge in [-0.3, -0.25) is 14.6 Å². The van der Waals surface area contributed by atoms with E-state index >= 15 is 0 Å². The number of anilines is 1. The van der Waals surface area contributed by atoms with E-state index in [1.807, 2.05) is 49.4 Å². The highest BCUT2D eigenvalue weighted by Crippen LogP contribution is 2.31. The third-order valence-corrected chi connectivity index (χ3v) is 4.70. The predicted octanol–water partition coefficient (Wildman–Crippen LogP) is 2.82. The minimum atomic E-state index is -0.339. The number of nitrogens with one attached hydrogen (secondary N) is 1.